The van der Waals surface area contributed by atoms with Gasteiger partial charge in [-0.3, -0.25) is 4.79 Å². The number of benzene rings is 3. The number of hydrogen-bond donors (Lipinski definition) is 2. The van der Waals surface area contributed by atoms with Gasteiger partial charge in [-0.15, -0.1) is 0 Å². The van der Waals surface area contributed by atoms with Gasteiger partial charge in [-0.2, -0.15) is 0 Å². The fourth-order valence-corrected chi connectivity index (χ4v) is 2.69. The SMILES string of the molecule is O=C(CNc1ccccc1Cl)Nc1cccc(OCCOc2ccccc2)c1. The van der Waals surface area contributed by atoms with Gasteiger partial charge in [0.2, 0.25) is 5.91 Å². The average molecular weight is 397 g/mol. The largest absolute Gasteiger partial charge is 0.490 e. The van der Waals surface area contributed by atoms with Crippen LogP contribution >= 0.6 is 11.6 Å². The van der Waals surface area contributed by atoms with Gasteiger partial charge in [0, 0.05) is 11.8 Å². The molecule has 1 amide bonds. The van der Waals surface area contributed by atoms with Crippen LogP contribution in [0.2, 0.25) is 5.02 Å². The quantitative estimate of drug-likeness (QED) is 0.508. The van der Waals surface area contributed by atoms with Crippen molar-refractivity contribution in [2.24, 2.45) is 0 Å². The normalized spacial score (nSPS) is 10.2. The van der Waals surface area contributed by atoms with Crippen LogP contribution < -0.4 is 20.1 Å². The van der Waals surface area contributed by atoms with Gasteiger partial charge in [0.1, 0.15) is 24.7 Å². The predicted molar refractivity (Wildman–Crippen MR) is 112 cm³/mol. The molecule has 3 aromatic rings. The molecule has 0 spiro atoms. The second-order valence-electron chi connectivity index (χ2n) is 5.92. The van der Waals surface area contributed by atoms with E-state index in [9.17, 15) is 4.79 Å². The smallest absolute Gasteiger partial charge is 0.243 e. The number of rotatable bonds is 9. The number of amides is 1. The number of carbonyl (C=O) groups is 1. The van der Waals surface area contributed by atoms with E-state index in [4.69, 9.17) is 21.1 Å². The number of hydrogen-bond acceptors (Lipinski definition) is 4. The summed E-state index contributed by atoms with van der Waals surface area (Å²) >= 11 is 6.07. The van der Waals surface area contributed by atoms with E-state index >= 15 is 0 Å². The molecular formula is C22H21ClN2O3. The van der Waals surface area contributed by atoms with Crippen LogP contribution in [0.3, 0.4) is 0 Å². The molecule has 0 aliphatic carbocycles. The van der Waals surface area contributed by atoms with E-state index < -0.39 is 0 Å². The number of ether oxygens (including phenoxy) is 2. The van der Waals surface area contributed by atoms with Gasteiger partial charge >= 0.3 is 0 Å². The summed E-state index contributed by atoms with van der Waals surface area (Å²) in [6.07, 6.45) is 0. The summed E-state index contributed by atoms with van der Waals surface area (Å²) in [4.78, 5) is 12.1. The zero-order valence-corrected chi connectivity index (χ0v) is 16.0. The van der Waals surface area contributed by atoms with Crippen molar-refractivity contribution in [3.05, 3.63) is 83.9 Å². The summed E-state index contributed by atoms with van der Waals surface area (Å²) < 4.78 is 11.3. The molecule has 0 unspecified atom stereocenters. The molecular weight excluding hydrogens is 376 g/mol. The molecule has 0 atom stereocenters. The third-order valence-electron chi connectivity index (χ3n) is 3.80. The van der Waals surface area contributed by atoms with Crippen LogP contribution in [-0.2, 0) is 4.79 Å². The summed E-state index contributed by atoms with van der Waals surface area (Å²) in [5, 5.41) is 6.42. The summed E-state index contributed by atoms with van der Waals surface area (Å²) in [5.74, 6) is 1.29. The Bertz CT molecular complexity index is 903. The van der Waals surface area contributed by atoms with Crippen LogP contribution in [0.15, 0.2) is 78.9 Å². The predicted octanol–water partition coefficient (Wildman–Crippen LogP) is 4.85. The minimum Gasteiger partial charge on any atom is -0.490 e. The van der Waals surface area contributed by atoms with Gasteiger partial charge in [-0.05, 0) is 36.4 Å². The molecule has 0 saturated heterocycles. The van der Waals surface area contributed by atoms with Crippen LogP contribution in [-0.4, -0.2) is 25.7 Å². The van der Waals surface area contributed by atoms with Crippen LogP contribution in [0.25, 0.3) is 0 Å². The molecule has 3 aromatic carbocycles. The minimum atomic E-state index is -0.176. The van der Waals surface area contributed by atoms with Crippen LogP contribution in [0, 0.1) is 0 Å². The summed E-state index contributed by atoms with van der Waals surface area (Å²) in [5.41, 5.74) is 1.38. The molecule has 5 nitrogen and oxygen atoms in total. The maximum atomic E-state index is 12.1. The number of halogens is 1. The Morgan fingerprint density at radius 3 is 2.29 bits per heavy atom. The minimum absolute atomic E-state index is 0.111. The van der Waals surface area contributed by atoms with Gasteiger partial charge in [0.25, 0.3) is 0 Å². The zero-order chi connectivity index (χ0) is 19.6. The maximum Gasteiger partial charge on any atom is 0.243 e. The average Bonchev–Trinajstić information content (AvgIpc) is 2.72. The van der Waals surface area contributed by atoms with Crippen molar-refractivity contribution in [3.8, 4) is 11.5 Å². The van der Waals surface area contributed by atoms with E-state index in [2.05, 4.69) is 10.6 Å². The van der Waals surface area contributed by atoms with E-state index in [0.29, 0.717) is 29.7 Å². The molecule has 0 aromatic heterocycles. The molecule has 144 valence electrons. The third-order valence-corrected chi connectivity index (χ3v) is 4.12. The standard InChI is InChI=1S/C22H21ClN2O3/c23-20-11-4-5-12-21(20)24-16-22(26)25-17-7-6-10-19(15-17)28-14-13-27-18-8-2-1-3-9-18/h1-12,15,24H,13-14,16H2,(H,25,26). The van der Waals surface area contributed by atoms with Gasteiger partial charge in [-0.1, -0.05) is 48.0 Å². The Kier molecular flexibility index (Phi) is 7.15. The molecule has 6 heteroatoms. The van der Waals surface area contributed by atoms with Crippen molar-refractivity contribution in [1.82, 2.24) is 0 Å². The molecule has 0 heterocycles. The van der Waals surface area contributed by atoms with E-state index in [1.165, 1.54) is 0 Å². The third kappa shape index (κ3) is 6.21. The second-order valence-corrected chi connectivity index (χ2v) is 6.33. The molecule has 0 saturated carbocycles. The molecule has 28 heavy (non-hydrogen) atoms. The van der Waals surface area contributed by atoms with E-state index in [-0.39, 0.29) is 12.5 Å². The fraction of sp³-hybridized carbons (Fsp3) is 0.136. The van der Waals surface area contributed by atoms with Crippen molar-refractivity contribution in [3.63, 3.8) is 0 Å². The number of anilines is 2. The van der Waals surface area contributed by atoms with Crippen molar-refractivity contribution in [1.29, 1.82) is 0 Å². The molecule has 0 aliphatic rings. The second kappa shape index (κ2) is 10.2. The Hall–Kier alpha value is -3.18. The first-order valence-electron chi connectivity index (χ1n) is 8.90. The molecule has 0 fully saturated rings. The number of carbonyl (C=O) groups excluding carboxylic acids is 1. The molecule has 2 N–H and O–H groups in total. The van der Waals surface area contributed by atoms with Gasteiger partial charge < -0.3 is 20.1 Å². The highest BCUT2D eigenvalue weighted by atomic mass is 35.5. The van der Waals surface area contributed by atoms with Crippen LogP contribution in [0.5, 0.6) is 11.5 Å². The Morgan fingerprint density at radius 2 is 1.50 bits per heavy atom. The zero-order valence-electron chi connectivity index (χ0n) is 15.2. The Balaban J connectivity index is 1.43. The lowest BCUT2D eigenvalue weighted by molar-refractivity contribution is -0.114. The Labute approximate surface area is 169 Å². The first-order chi connectivity index (χ1) is 13.7. The van der Waals surface area contributed by atoms with Gasteiger partial charge in [-0.25, -0.2) is 0 Å². The van der Waals surface area contributed by atoms with Gasteiger partial charge in [0.05, 0.1) is 17.3 Å². The summed E-state index contributed by atoms with van der Waals surface area (Å²) in [7, 11) is 0. The van der Waals surface area contributed by atoms with E-state index in [1.807, 2.05) is 60.7 Å². The molecule has 0 aliphatic heterocycles. The molecule has 0 bridgehead atoms. The lowest BCUT2D eigenvalue weighted by Gasteiger charge is -2.11. The number of nitrogens with one attached hydrogen (secondary N) is 2. The van der Waals surface area contributed by atoms with Gasteiger partial charge in [0.15, 0.2) is 0 Å². The van der Waals surface area contributed by atoms with Crippen LogP contribution in [0.1, 0.15) is 0 Å². The van der Waals surface area contributed by atoms with Crippen molar-refractivity contribution in [2.75, 3.05) is 30.4 Å². The Morgan fingerprint density at radius 1 is 0.821 bits per heavy atom. The van der Waals surface area contributed by atoms with Crippen molar-refractivity contribution in [2.45, 2.75) is 0 Å². The lowest BCUT2D eigenvalue weighted by Crippen LogP contribution is -2.21. The number of para-hydroxylation sites is 2. The monoisotopic (exact) mass is 396 g/mol. The van der Waals surface area contributed by atoms with E-state index in [0.717, 1.165) is 11.4 Å². The fourth-order valence-electron chi connectivity index (χ4n) is 2.48. The highest BCUT2D eigenvalue weighted by Gasteiger charge is 2.05. The van der Waals surface area contributed by atoms with E-state index in [1.54, 1.807) is 18.2 Å². The molecule has 0 radical (unpaired) electrons. The van der Waals surface area contributed by atoms with Crippen molar-refractivity contribution >= 4 is 28.9 Å². The molecule has 3 rings (SSSR count). The highest BCUT2D eigenvalue weighted by molar-refractivity contribution is 6.33. The topological polar surface area (TPSA) is 59.6 Å². The summed E-state index contributed by atoms with van der Waals surface area (Å²) in [6.45, 7) is 0.947. The highest BCUT2D eigenvalue weighted by Crippen LogP contribution is 2.20. The van der Waals surface area contributed by atoms with Crippen molar-refractivity contribution < 1.29 is 14.3 Å². The maximum absolute atomic E-state index is 12.1. The van der Waals surface area contributed by atoms with Crippen LogP contribution in [0.4, 0.5) is 11.4 Å². The lowest BCUT2D eigenvalue weighted by atomic mass is 10.3. The first kappa shape index (κ1) is 19.6. The first-order valence-corrected chi connectivity index (χ1v) is 9.27. The summed E-state index contributed by atoms with van der Waals surface area (Å²) in [6, 6.07) is 24.1.